The summed E-state index contributed by atoms with van der Waals surface area (Å²) in [4.78, 5) is 41.0. The van der Waals surface area contributed by atoms with E-state index >= 15 is 0 Å². The zero-order chi connectivity index (χ0) is 27.5. The molecule has 2 saturated heterocycles. The number of hydrogen-bond acceptors (Lipinski definition) is 7. The fourth-order valence-electron chi connectivity index (χ4n) is 5.95. The third-order valence-corrected chi connectivity index (χ3v) is 7.99. The molecule has 5 rings (SSSR count). The standard InChI is InChI=1S/C30H37N7O2/c1-20-17-21(2)28(34-23-9-13-35(14-10-23)26-18-32-11-12-33-26)22(3)27(20)30(39)36-15-16-37(25(19-36)29(31)38)24-7-5-4-6-8-24/h4-8,11-12,17-18,23,25,34H,9-10,13-16,19H2,1-3H3,(H2,31,38)/t25-/m0/s1. The summed E-state index contributed by atoms with van der Waals surface area (Å²) < 4.78 is 0. The van der Waals surface area contributed by atoms with Crippen LogP contribution in [0.2, 0.25) is 0 Å². The average molecular weight is 528 g/mol. The number of nitrogens with one attached hydrogen (secondary N) is 1. The number of aryl methyl sites for hydroxylation is 2. The molecule has 0 unspecified atom stereocenters. The van der Waals surface area contributed by atoms with Crippen molar-refractivity contribution in [3.63, 3.8) is 0 Å². The summed E-state index contributed by atoms with van der Waals surface area (Å²) in [6, 6.07) is 11.6. The molecule has 2 amide bonds. The third kappa shape index (κ3) is 5.53. The number of hydrogen-bond donors (Lipinski definition) is 2. The van der Waals surface area contributed by atoms with Gasteiger partial charge in [-0.3, -0.25) is 14.6 Å². The van der Waals surface area contributed by atoms with Gasteiger partial charge in [-0.25, -0.2) is 4.98 Å². The van der Waals surface area contributed by atoms with Gasteiger partial charge in [0.15, 0.2) is 0 Å². The van der Waals surface area contributed by atoms with Crippen molar-refractivity contribution in [3.05, 3.63) is 77.2 Å². The lowest BCUT2D eigenvalue weighted by molar-refractivity contribution is -0.119. The van der Waals surface area contributed by atoms with E-state index < -0.39 is 11.9 Å². The number of para-hydroxylation sites is 1. The second-order valence-corrected chi connectivity index (χ2v) is 10.6. The first-order valence-electron chi connectivity index (χ1n) is 13.6. The van der Waals surface area contributed by atoms with Crippen LogP contribution >= 0.6 is 0 Å². The van der Waals surface area contributed by atoms with Crippen LogP contribution in [0.4, 0.5) is 17.2 Å². The van der Waals surface area contributed by atoms with Crippen LogP contribution in [-0.2, 0) is 4.79 Å². The minimum atomic E-state index is -0.576. The lowest BCUT2D eigenvalue weighted by atomic mass is 9.94. The van der Waals surface area contributed by atoms with Crippen LogP contribution in [0.15, 0.2) is 55.0 Å². The molecular formula is C30H37N7O2. The lowest BCUT2D eigenvalue weighted by Crippen LogP contribution is -2.59. The Morgan fingerprint density at radius 2 is 1.72 bits per heavy atom. The molecule has 2 aromatic carbocycles. The van der Waals surface area contributed by atoms with Crippen LogP contribution in [0.3, 0.4) is 0 Å². The molecular weight excluding hydrogens is 490 g/mol. The van der Waals surface area contributed by atoms with Crippen molar-refractivity contribution in [3.8, 4) is 0 Å². The molecule has 1 atom stereocenters. The molecule has 0 spiro atoms. The molecule has 3 heterocycles. The molecule has 0 bridgehead atoms. The first-order chi connectivity index (χ1) is 18.8. The van der Waals surface area contributed by atoms with Crippen molar-refractivity contribution in [1.82, 2.24) is 14.9 Å². The Morgan fingerprint density at radius 3 is 2.38 bits per heavy atom. The number of nitrogens with two attached hydrogens (primary N) is 1. The number of piperidine rings is 1. The van der Waals surface area contributed by atoms with Crippen LogP contribution < -0.4 is 20.9 Å². The molecule has 3 aromatic rings. The first-order valence-corrected chi connectivity index (χ1v) is 13.6. The van der Waals surface area contributed by atoms with E-state index in [0.29, 0.717) is 24.7 Å². The molecule has 0 radical (unpaired) electrons. The average Bonchev–Trinajstić information content (AvgIpc) is 2.96. The van der Waals surface area contributed by atoms with E-state index in [1.54, 1.807) is 17.3 Å². The summed E-state index contributed by atoms with van der Waals surface area (Å²) in [5.41, 5.74) is 11.5. The molecule has 9 heteroatoms. The van der Waals surface area contributed by atoms with Gasteiger partial charge in [-0.1, -0.05) is 24.3 Å². The van der Waals surface area contributed by atoms with Crippen molar-refractivity contribution in [2.24, 2.45) is 5.73 Å². The van der Waals surface area contributed by atoms with Gasteiger partial charge in [-0.05, 0) is 62.4 Å². The van der Waals surface area contributed by atoms with Gasteiger partial charge >= 0.3 is 0 Å². The second-order valence-electron chi connectivity index (χ2n) is 10.6. The number of carbonyl (C=O) groups is 2. The molecule has 39 heavy (non-hydrogen) atoms. The monoisotopic (exact) mass is 527 g/mol. The smallest absolute Gasteiger partial charge is 0.254 e. The summed E-state index contributed by atoms with van der Waals surface area (Å²) in [7, 11) is 0. The maximum atomic E-state index is 13.9. The fourth-order valence-corrected chi connectivity index (χ4v) is 5.95. The number of anilines is 3. The van der Waals surface area contributed by atoms with Gasteiger partial charge < -0.3 is 25.8 Å². The van der Waals surface area contributed by atoms with E-state index in [-0.39, 0.29) is 12.5 Å². The first kappa shape index (κ1) is 26.5. The van der Waals surface area contributed by atoms with Crippen LogP contribution in [0.5, 0.6) is 0 Å². The molecule has 2 aliphatic rings. The van der Waals surface area contributed by atoms with Gasteiger partial charge in [0.05, 0.1) is 12.7 Å². The number of rotatable bonds is 6. The maximum Gasteiger partial charge on any atom is 0.254 e. The summed E-state index contributed by atoms with van der Waals surface area (Å²) >= 11 is 0. The van der Waals surface area contributed by atoms with Crippen LogP contribution in [-0.4, -0.2) is 71.5 Å². The largest absolute Gasteiger partial charge is 0.382 e. The summed E-state index contributed by atoms with van der Waals surface area (Å²) in [5.74, 6) is 0.432. The Balaban J connectivity index is 1.32. The van der Waals surface area contributed by atoms with Gasteiger partial charge in [-0.2, -0.15) is 0 Å². The number of benzene rings is 2. The Labute approximate surface area is 230 Å². The van der Waals surface area contributed by atoms with Crippen LogP contribution in [0.1, 0.15) is 39.9 Å². The fraction of sp³-hybridized carbons (Fsp3) is 0.400. The summed E-state index contributed by atoms with van der Waals surface area (Å²) in [6.07, 6.45) is 7.16. The van der Waals surface area contributed by atoms with Crippen molar-refractivity contribution < 1.29 is 9.59 Å². The Morgan fingerprint density at radius 1 is 0.974 bits per heavy atom. The highest BCUT2D eigenvalue weighted by molar-refractivity contribution is 5.99. The molecule has 1 aromatic heterocycles. The van der Waals surface area contributed by atoms with Crippen molar-refractivity contribution >= 4 is 29.0 Å². The number of aromatic nitrogens is 2. The molecule has 204 valence electrons. The predicted molar refractivity (Wildman–Crippen MR) is 154 cm³/mol. The normalized spacial score (nSPS) is 18.2. The van der Waals surface area contributed by atoms with Gasteiger partial charge in [0.1, 0.15) is 11.9 Å². The maximum absolute atomic E-state index is 13.9. The Bertz CT molecular complexity index is 1320. The van der Waals surface area contributed by atoms with Gasteiger partial charge in [0, 0.05) is 61.6 Å². The van der Waals surface area contributed by atoms with Gasteiger partial charge in [0.2, 0.25) is 5.91 Å². The Hall–Kier alpha value is -4.14. The minimum Gasteiger partial charge on any atom is -0.382 e. The van der Waals surface area contributed by atoms with Gasteiger partial charge in [0.25, 0.3) is 5.91 Å². The van der Waals surface area contributed by atoms with E-state index in [4.69, 9.17) is 5.73 Å². The van der Waals surface area contributed by atoms with Crippen molar-refractivity contribution in [2.75, 3.05) is 47.8 Å². The number of piperazine rings is 1. The zero-order valence-corrected chi connectivity index (χ0v) is 22.9. The highest BCUT2D eigenvalue weighted by atomic mass is 16.2. The molecule has 2 fully saturated rings. The molecule has 9 nitrogen and oxygen atoms in total. The second kappa shape index (κ2) is 11.3. The third-order valence-electron chi connectivity index (χ3n) is 7.99. The summed E-state index contributed by atoms with van der Waals surface area (Å²) in [5, 5.41) is 3.75. The zero-order valence-electron chi connectivity index (χ0n) is 22.9. The number of carbonyl (C=O) groups excluding carboxylic acids is 2. The number of primary amides is 1. The summed E-state index contributed by atoms with van der Waals surface area (Å²) in [6.45, 7) is 9.22. The number of amides is 2. The molecule has 0 saturated carbocycles. The van der Waals surface area contributed by atoms with Crippen molar-refractivity contribution in [2.45, 2.75) is 45.7 Å². The quantitative estimate of drug-likeness (QED) is 0.506. The molecule has 3 N–H and O–H groups in total. The minimum absolute atomic E-state index is 0.0514. The lowest BCUT2D eigenvalue weighted by Gasteiger charge is -2.41. The van der Waals surface area contributed by atoms with E-state index in [1.807, 2.05) is 55.3 Å². The number of nitrogens with zero attached hydrogens (tertiary/aromatic N) is 5. The van der Waals surface area contributed by atoms with E-state index in [1.165, 1.54) is 0 Å². The predicted octanol–water partition coefficient (Wildman–Crippen LogP) is 3.30. The SMILES string of the molecule is Cc1cc(C)c(C(=O)N2CCN(c3ccccc3)[C@H](C(N)=O)C2)c(C)c1NC1CCN(c2cnccn2)CC1. The molecule has 0 aliphatic carbocycles. The van der Waals surface area contributed by atoms with Crippen molar-refractivity contribution in [1.29, 1.82) is 0 Å². The topological polar surface area (TPSA) is 108 Å². The van der Waals surface area contributed by atoms with E-state index in [0.717, 1.165) is 59.8 Å². The highest BCUT2D eigenvalue weighted by Gasteiger charge is 2.35. The van der Waals surface area contributed by atoms with Crippen LogP contribution in [0, 0.1) is 20.8 Å². The highest BCUT2D eigenvalue weighted by Crippen LogP contribution is 2.31. The van der Waals surface area contributed by atoms with Gasteiger partial charge in [-0.15, -0.1) is 0 Å². The van der Waals surface area contributed by atoms with E-state index in [2.05, 4.69) is 33.2 Å². The Kier molecular flexibility index (Phi) is 7.67. The van der Waals surface area contributed by atoms with Crippen LogP contribution in [0.25, 0.3) is 0 Å². The molecule has 2 aliphatic heterocycles. The van der Waals surface area contributed by atoms with E-state index in [9.17, 15) is 9.59 Å².